The van der Waals surface area contributed by atoms with Gasteiger partial charge in [-0.3, -0.25) is 0 Å². The number of aromatic nitrogens is 4. The highest BCUT2D eigenvalue weighted by atomic mass is 32.2. The first kappa shape index (κ1) is 11.0. The minimum Gasteiger partial charge on any atom is -0.224 e. The Morgan fingerprint density at radius 3 is 2.88 bits per heavy atom. The van der Waals surface area contributed by atoms with Gasteiger partial charge in [0.1, 0.15) is 0 Å². The van der Waals surface area contributed by atoms with E-state index in [0.29, 0.717) is 10.7 Å². The van der Waals surface area contributed by atoms with Crippen LogP contribution in [0.2, 0.25) is 0 Å². The summed E-state index contributed by atoms with van der Waals surface area (Å²) in [6.07, 6.45) is 0. The second-order valence-electron chi connectivity index (χ2n) is 3.09. The van der Waals surface area contributed by atoms with Gasteiger partial charge >= 0.3 is 0 Å². The third-order valence-electron chi connectivity index (χ3n) is 1.97. The van der Waals surface area contributed by atoms with Crippen LogP contribution in [0.4, 0.5) is 8.78 Å². The zero-order valence-corrected chi connectivity index (χ0v) is 9.21. The van der Waals surface area contributed by atoms with E-state index in [-0.39, 0.29) is 5.75 Å². The smallest absolute Gasteiger partial charge is 0.209 e. The van der Waals surface area contributed by atoms with E-state index in [1.165, 1.54) is 28.6 Å². The molecule has 4 nitrogen and oxygen atoms in total. The minimum atomic E-state index is -0.839. The highest BCUT2D eigenvalue weighted by molar-refractivity contribution is 7.98. The molecule has 0 N–H and O–H groups in total. The molecule has 1 aromatic heterocycles. The molecular formula is C9H8F2N4S. The van der Waals surface area contributed by atoms with Crippen LogP contribution in [0.5, 0.6) is 0 Å². The predicted molar refractivity (Wildman–Crippen MR) is 54.7 cm³/mol. The molecule has 1 heterocycles. The van der Waals surface area contributed by atoms with Crippen molar-refractivity contribution in [2.45, 2.75) is 10.9 Å². The standard InChI is InChI=1S/C9H8F2N4S/c1-15-9(12-13-14-15)16-5-6-3-2-4-7(10)8(6)11/h2-4H,5H2,1H3. The molecule has 0 fully saturated rings. The van der Waals surface area contributed by atoms with Crippen LogP contribution in [0.15, 0.2) is 23.4 Å². The van der Waals surface area contributed by atoms with Gasteiger partial charge in [0.2, 0.25) is 5.16 Å². The Hall–Kier alpha value is -1.50. The normalized spacial score (nSPS) is 10.7. The van der Waals surface area contributed by atoms with Crippen molar-refractivity contribution in [1.29, 1.82) is 0 Å². The SMILES string of the molecule is Cn1nnnc1SCc1cccc(F)c1F. The molecule has 0 saturated heterocycles. The molecule has 7 heteroatoms. The molecule has 2 rings (SSSR count). The molecule has 0 atom stereocenters. The first-order valence-electron chi connectivity index (χ1n) is 4.46. The molecule has 0 spiro atoms. The Balaban J connectivity index is 2.11. The van der Waals surface area contributed by atoms with E-state index < -0.39 is 11.6 Å². The Kier molecular flexibility index (Phi) is 3.14. The van der Waals surface area contributed by atoms with Crippen molar-refractivity contribution in [3.05, 3.63) is 35.4 Å². The zero-order chi connectivity index (χ0) is 11.5. The molecule has 0 unspecified atom stereocenters. The van der Waals surface area contributed by atoms with E-state index in [4.69, 9.17) is 0 Å². The molecule has 0 aliphatic carbocycles. The van der Waals surface area contributed by atoms with E-state index in [0.717, 1.165) is 6.07 Å². The number of thioether (sulfide) groups is 1. The topological polar surface area (TPSA) is 43.6 Å². The van der Waals surface area contributed by atoms with Crippen molar-refractivity contribution in [2.75, 3.05) is 0 Å². The van der Waals surface area contributed by atoms with Gasteiger partial charge in [-0.2, -0.15) is 0 Å². The van der Waals surface area contributed by atoms with Gasteiger partial charge in [-0.1, -0.05) is 23.9 Å². The maximum absolute atomic E-state index is 13.3. The fraction of sp³-hybridized carbons (Fsp3) is 0.222. The maximum atomic E-state index is 13.3. The highest BCUT2D eigenvalue weighted by Gasteiger charge is 2.09. The number of hydrogen-bond acceptors (Lipinski definition) is 4. The van der Waals surface area contributed by atoms with Gasteiger partial charge in [0.25, 0.3) is 0 Å². The van der Waals surface area contributed by atoms with Crippen LogP contribution < -0.4 is 0 Å². The molecule has 16 heavy (non-hydrogen) atoms. The minimum absolute atomic E-state index is 0.289. The number of nitrogens with zero attached hydrogens (tertiary/aromatic N) is 4. The Labute approximate surface area is 94.7 Å². The first-order chi connectivity index (χ1) is 7.68. The summed E-state index contributed by atoms with van der Waals surface area (Å²) < 4.78 is 27.7. The summed E-state index contributed by atoms with van der Waals surface area (Å²) in [6.45, 7) is 0. The molecule has 84 valence electrons. The molecule has 0 radical (unpaired) electrons. The lowest BCUT2D eigenvalue weighted by molar-refractivity contribution is 0.502. The average molecular weight is 242 g/mol. The second-order valence-corrected chi connectivity index (χ2v) is 4.03. The van der Waals surface area contributed by atoms with Crippen LogP contribution in [0.1, 0.15) is 5.56 Å². The maximum Gasteiger partial charge on any atom is 0.209 e. The Morgan fingerprint density at radius 2 is 2.19 bits per heavy atom. The summed E-state index contributed by atoms with van der Waals surface area (Å²) in [5.41, 5.74) is 0.299. The zero-order valence-electron chi connectivity index (χ0n) is 8.39. The summed E-state index contributed by atoms with van der Waals surface area (Å²) in [5, 5.41) is 11.4. The van der Waals surface area contributed by atoms with Crippen molar-refractivity contribution in [1.82, 2.24) is 20.2 Å². The van der Waals surface area contributed by atoms with Crippen molar-refractivity contribution in [3.63, 3.8) is 0 Å². The van der Waals surface area contributed by atoms with Gasteiger partial charge in [0, 0.05) is 18.4 Å². The van der Waals surface area contributed by atoms with Crippen LogP contribution in [0, 0.1) is 11.6 Å². The lowest BCUT2D eigenvalue weighted by atomic mass is 10.2. The number of aryl methyl sites for hydroxylation is 1. The number of halogens is 2. The fourth-order valence-corrected chi connectivity index (χ4v) is 1.97. The third-order valence-corrected chi connectivity index (χ3v) is 3.03. The average Bonchev–Trinajstić information content (AvgIpc) is 2.67. The van der Waals surface area contributed by atoms with E-state index in [1.807, 2.05) is 0 Å². The van der Waals surface area contributed by atoms with Gasteiger partial charge in [-0.25, -0.2) is 13.5 Å². The first-order valence-corrected chi connectivity index (χ1v) is 5.45. The van der Waals surface area contributed by atoms with Gasteiger partial charge in [-0.05, 0) is 16.5 Å². The fourth-order valence-electron chi connectivity index (χ4n) is 1.15. The lowest BCUT2D eigenvalue weighted by Crippen LogP contribution is -1.95. The monoisotopic (exact) mass is 242 g/mol. The molecule has 0 aliphatic rings. The van der Waals surface area contributed by atoms with Gasteiger partial charge in [-0.15, -0.1) is 5.10 Å². The number of hydrogen-bond donors (Lipinski definition) is 0. The highest BCUT2D eigenvalue weighted by Crippen LogP contribution is 2.22. The predicted octanol–water partition coefficient (Wildman–Crippen LogP) is 1.78. The molecule has 0 amide bonds. The second kappa shape index (κ2) is 4.56. The number of tetrazole rings is 1. The van der Waals surface area contributed by atoms with Crippen LogP contribution in [-0.4, -0.2) is 20.2 Å². The van der Waals surface area contributed by atoms with E-state index >= 15 is 0 Å². The summed E-state index contributed by atoms with van der Waals surface area (Å²) in [4.78, 5) is 0. The van der Waals surface area contributed by atoms with E-state index in [1.54, 1.807) is 7.05 Å². The summed E-state index contributed by atoms with van der Waals surface area (Å²) in [7, 11) is 1.68. The molecule has 0 saturated carbocycles. The van der Waals surface area contributed by atoms with E-state index in [2.05, 4.69) is 15.5 Å². The van der Waals surface area contributed by atoms with E-state index in [9.17, 15) is 8.78 Å². The molecule has 2 aromatic rings. The van der Waals surface area contributed by atoms with Gasteiger partial charge in [0.05, 0.1) is 0 Å². The third kappa shape index (κ3) is 2.19. The van der Waals surface area contributed by atoms with Gasteiger partial charge in [0.15, 0.2) is 11.6 Å². The van der Waals surface area contributed by atoms with Crippen molar-refractivity contribution in [3.8, 4) is 0 Å². The van der Waals surface area contributed by atoms with Crippen molar-refractivity contribution >= 4 is 11.8 Å². The van der Waals surface area contributed by atoms with Crippen molar-refractivity contribution in [2.24, 2.45) is 7.05 Å². The van der Waals surface area contributed by atoms with Crippen LogP contribution in [-0.2, 0) is 12.8 Å². The quantitative estimate of drug-likeness (QED) is 0.769. The summed E-state index contributed by atoms with van der Waals surface area (Å²) in [5.74, 6) is -1.36. The molecular weight excluding hydrogens is 234 g/mol. The Morgan fingerprint density at radius 1 is 1.38 bits per heavy atom. The Bertz CT molecular complexity index is 500. The van der Waals surface area contributed by atoms with Crippen molar-refractivity contribution < 1.29 is 8.78 Å². The molecule has 0 bridgehead atoms. The summed E-state index contributed by atoms with van der Waals surface area (Å²) >= 11 is 1.25. The molecule has 1 aromatic carbocycles. The van der Waals surface area contributed by atoms with Crippen LogP contribution in [0.25, 0.3) is 0 Å². The largest absolute Gasteiger partial charge is 0.224 e. The summed E-state index contributed by atoms with van der Waals surface area (Å²) in [6, 6.07) is 4.10. The lowest BCUT2D eigenvalue weighted by Gasteiger charge is -2.02. The number of benzene rings is 1. The van der Waals surface area contributed by atoms with Gasteiger partial charge < -0.3 is 0 Å². The van der Waals surface area contributed by atoms with Crippen LogP contribution in [0.3, 0.4) is 0 Å². The molecule has 0 aliphatic heterocycles. The number of rotatable bonds is 3. The van der Waals surface area contributed by atoms with Crippen LogP contribution >= 0.6 is 11.8 Å².